The molecule has 0 aromatic carbocycles. The fraction of sp³-hybridized carbons (Fsp3) is 0.200. The Kier molecular flexibility index (Phi) is 2.15. The van der Waals surface area contributed by atoms with Gasteiger partial charge in [0.15, 0.2) is 5.65 Å². The van der Waals surface area contributed by atoms with E-state index >= 15 is 0 Å². The Labute approximate surface area is 101 Å². The van der Waals surface area contributed by atoms with E-state index in [1.54, 1.807) is 18.3 Å². The molecular formula is C10H10N6O2. The molecule has 0 atom stereocenters. The van der Waals surface area contributed by atoms with Gasteiger partial charge < -0.3 is 5.73 Å². The number of urea groups is 1. The first-order valence-electron chi connectivity index (χ1n) is 5.37. The highest BCUT2D eigenvalue weighted by molar-refractivity contribution is 6.04. The first kappa shape index (κ1) is 10.5. The van der Waals surface area contributed by atoms with Crippen molar-refractivity contribution in [3.05, 3.63) is 18.3 Å². The number of hydrogen-bond donors (Lipinski definition) is 2. The number of pyridine rings is 1. The molecule has 1 saturated heterocycles. The van der Waals surface area contributed by atoms with E-state index < -0.39 is 6.03 Å². The van der Waals surface area contributed by atoms with Gasteiger partial charge in [-0.15, -0.1) is 5.10 Å². The second kappa shape index (κ2) is 3.69. The number of nitrogens with two attached hydrogens (primary N) is 1. The monoisotopic (exact) mass is 246 g/mol. The van der Waals surface area contributed by atoms with E-state index in [2.05, 4.69) is 15.4 Å². The largest absolute Gasteiger partial charge is 0.396 e. The van der Waals surface area contributed by atoms with Gasteiger partial charge in [0, 0.05) is 19.2 Å². The van der Waals surface area contributed by atoms with Crippen LogP contribution in [0.15, 0.2) is 18.3 Å². The summed E-state index contributed by atoms with van der Waals surface area (Å²) >= 11 is 0. The van der Waals surface area contributed by atoms with Crippen LogP contribution in [0.3, 0.4) is 0 Å². The van der Waals surface area contributed by atoms with Crippen molar-refractivity contribution < 1.29 is 9.59 Å². The third-order valence-electron chi connectivity index (χ3n) is 2.68. The number of nitrogens with zero attached hydrogens (tertiary/aromatic N) is 4. The summed E-state index contributed by atoms with van der Waals surface area (Å²) in [6.07, 6.45) is 1.92. The standard InChI is InChI=1S/C10H10N6O2/c11-6-2-1-4-16-8(6)13-9(14-16)15-5-3-7(17)12-10(15)18/h1-2,4H,3,5,11H2,(H,12,17,18). The third kappa shape index (κ3) is 1.54. The number of amides is 3. The summed E-state index contributed by atoms with van der Waals surface area (Å²) in [5, 5.41) is 6.37. The van der Waals surface area contributed by atoms with Gasteiger partial charge in [0.25, 0.3) is 5.95 Å². The van der Waals surface area contributed by atoms with Gasteiger partial charge >= 0.3 is 6.03 Å². The molecule has 3 N–H and O–H groups in total. The van der Waals surface area contributed by atoms with Crippen molar-refractivity contribution in [3.8, 4) is 0 Å². The number of carbonyl (C=O) groups is 2. The van der Waals surface area contributed by atoms with Gasteiger partial charge in [-0.2, -0.15) is 4.98 Å². The van der Waals surface area contributed by atoms with Crippen molar-refractivity contribution >= 4 is 29.2 Å². The number of hydrogen-bond acceptors (Lipinski definition) is 5. The lowest BCUT2D eigenvalue weighted by atomic mass is 10.3. The summed E-state index contributed by atoms with van der Waals surface area (Å²) < 4.78 is 1.49. The molecule has 92 valence electrons. The zero-order valence-electron chi connectivity index (χ0n) is 9.33. The van der Waals surface area contributed by atoms with Crippen molar-refractivity contribution in [1.29, 1.82) is 0 Å². The maximum atomic E-state index is 11.6. The molecule has 1 aliphatic rings. The molecule has 2 aromatic rings. The third-order valence-corrected chi connectivity index (χ3v) is 2.68. The number of fused-ring (bicyclic) bond motifs is 1. The second-order valence-electron chi connectivity index (χ2n) is 3.90. The molecule has 0 unspecified atom stereocenters. The first-order chi connectivity index (χ1) is 8.65. The molecule has 18 heavy (non-hydrogen) atoms. The fourth-order valence-electron chi connectivity index (χ4n) is 1.78. The van der Waals surface area contributed by atoms with Gasteiger partial charge in [-0.05, 0) is 12.1 Å². The zero-order valence-corrected chi connectivity index (χ0v) is 9.33. The molecule has 1 fully saturated rings. The lowest BCUT2D eigenvalue weighted by Crippen LogP contribution is -2.50. The van der Waals surface area contributed by atoms with Gasteiger partial charge in [0.2, 0.25) is 5.91 Å². The summed E-state index contributed by atoms with van der Waals surface area (Å²) in [6.45, 7) is 0.265. The quantitative estimate of drug-likeness (QED) is 0.722. The van der Waals surface area contributed by atoms with Crippen molar-refractivity contribution in [2.45, 2.75) is 6.42 Å². The highest BCUT2D eigenvalue weighted by atomic mass is 16.2. The predicted octanol–water partition coefficient (Wildman–Crippen LogP) is -0.242. The number of aromatic nitrogens is 3. The van der Waals surface area contributed by atoms with Crippen LogP contribution in [0.2, 0.25) is 0 Å². The van der Waals surface area contributed by atoms with Crippen LogP contribution in [-0.2, 0) is 4.79 Å². The molecule has 2 aromatic heterocycles. The highest BCUT2D eigenvalue weighted by Crippen LogP contribution is 2.17. The van der Waals surface area contributed by atoms with Gasteiger partial charge in [-0.1, -0.05) is 0 Å². The van der Waals surface area contributed by atoms with E-state index in [0.717, 1.165) is 0 Å². The molecule has 3 amide bonds. The summed E-state index contributed by atoms with van der Waals surface area (Å²) in [6, 6.07) is 2.93. The van der Waals surface area contributed by atoms with Crippen LogP contribution in [-0.4, -0.2) is 33.1 Å². The molecule has 1 aliphatic heterocycles. The van der Waals surface area contributed by atoms with Crippen LogP contribution < -0.4 is 16.0 Å². The Balaban J connectivity index is 2.02. The average Bonchev–Trinajstić information content (AvgIpc) is 2.74. The van der Waals surface area contributed by atoms with Crippen molar-refractivity contribution in [2.75, 3.05) is 17.2 Å². The molecule has 0 radical (unpaired) electrons. The molecule has 0 aliphatic carbocycles. The van der Waals surface area contributed by atoms with Gasteiger partial charge in [-0.3, -0.25) is 15.0 Å². The van der Waals surface area contributed by atoms with E-state index in [4.69, 9.17) is 5.73 Å². The topological polar surface area (TPSA) is 106 Å². The van der Waals surface area contributed by atoms with Crippen molar-refractivity contribution in [1.82, 2.24) is 19.9 Å². The molecule has 0 saturated carbocycles. The van der Waals surface area contributed by atoms with Gasteiger partial charge in [0.1, 0.15) is 0 Å². The number of nitrogens with one attached hydrogen (secondary N) is 1. The first-order valence-corrected chi connectivity index (χ1v) is 5.37. The van der Waals surface area contributed by atoms with Crippen LogP contribution in [0, 0.1) is 0 Å². The highest BCUT2D eigenvalue weighted by Gasteiger charge is 2.27. The maximum absolute atomic E-state index is 11.6. The van der Waals surface area contributed by atoms with Crippen LogP contribution in [0.5, 0.6) is 0 Å². The molecule has 0 spiro atoms. The molecule has 8 heteroatoms. The van der Waals surface area contributed by atoms with Crippen LogP contribution in [0.25, 0.3) is 5.65 Å². The molecule has 8 nitrogen and oxygen atoms in total. The molecule has 0 bridgehead atoms. The Morgan fingerprint density at radius 3 is 2.94 bits per heavy atom. The molecular weight excluding hydrogens is 236 g/mol. The Morgan fingerprint density at radius 2 is 2.22 bits per heavy atom. The zero-order chi connectivity index (χ0) is 12.7. The maximum Gasteiger partial charge on any atom is 0.330 e. The SMILES string of the molecule is Nc1cccn2nc(N3CCC(=O)NC3=O)nc12. The summed E-state index contributed by atoms with van der Waals surface area (Å²) in [5.41, 5.74) is 6.72. The Morgan fingerprint density at radius 1 is 1.39 bits per heavy atom. The van der Waals surface area contributed by atoms with Gasteiger partial charge in [-0.25, -0.2) is 9.31 Å². The minimum Gasteiger partial charge on any atom is -0.396 e. The lowest BCUT2D eigenvalue weighted by Gasteiger charge is -2.22. The van der Waals surface area contributed by atoms with E-state index in [0.29, 0.717) is 11.3 Å². The van der Waals surface area contributed by atoms with E-state index in [1.165, 1.54) is 9.42 Å². The number of carbonyl (C=O) groups excluding carboxylic acids is 2. The number of imide groups is 1. The average molecular weight is 246 g/mol. The van der Waals surface area contributed by atoms with Crippen LogP contribution in [0.1, 0.15) is 6.42 Å². The number of nitrogen functional groups attached to an aromatic ring is 1. The van der Waals surface area contributed by atoms with E-state index in [-0.39, 0.29) is 24.8 Å². The van der Waals surface area contributed by atoms with Crippen molar-refractivity contribution in [3.63, 3.8) is 0 Å². The predicted molar refractivity (Wildman–Crippen MR) is 62.9 cm³/mol. The van der Waals surface area contributed by atoms with E-state index in [9.17, 15) is 9.59 Å². The van der Waals surface area contributed by atoms with Crippen molar-refractivity contribution in [2.24, 2.45) is 0 Å². The number of rotatable bonds is 1. The molecule has 3 rings (SSSR count). The minimum absolute atomic E-state index is 0.233. The number of anilines is 2. The normalized spacial score (nSPS) is 16.1. The van der Waals surface area contributed by atoms with Crippen LogP contribution >= 0.6 is 0 Å². The van der Waals surface area contributed by atoms with Gasteiger partial charge in [0.05, 0.1) is 5.69 Å². The lowest BCUT2D eigenvalue weighted by molar-refractivity contribution is -0.120. The Bertz CT molecular complexity index is 649. The summed E-state index contributed by atoms with van der Waals surface area (Å²) in [7, 11) is 0. The van der Waals surface area contributed by atoms with E-state index in [1.807, 2.05) is 0 Å². The minimum atomic E-state index is -0.513. The summed E-state index contributed by atoms with van der Waals surface area (Å²) in [5.74, 6) is -0.0579. The van der Waals surface area contributed by atoms with Crippen LogP contribution in [0.4, 0.5) is 16.4 Å². The smallest absolute Gasteiger partial charge is 0.330 e. The second-order valence-corrected chi connectivity index (χ2v) is 3.90. The summed E-state index contributed by atoms with van der Waals surface area (Å²) in [4.78, 5) is 28.2. The fourth-order valence-corrected chi connectivity index (χ4v) is 1.78. The Hall–Kier alpha value is -2.64. The molecule has 3 heterocycles.